The van der Waals surface area contributed by atoms with Crippen LogP contribution in [0.2, 0.25) is 0 Å². The summed E-state index contributed by atoms with van der Waals surface area (Å²) in [5, 5.41) is 9.21. The lowest BCUT2D eigenvalue weighted by Crippen LogP contribution is -2.26. The van der Waals surface area contributed by atoms with E-state index in [1.165, 1.54) is 0 Å². The van der Waals surface area contributed by atoms with Crippen molar-refractivity contribution in [2.75, 3.05) is 13.6 Å². The van der Waals surface area contributed by atoms with Gasteiger partial charge in [-0.25, -0.2) is 0 Å². The van der Waals surface area contributed by atoms with E-state index in [-0.39, 0.29) is 11.7 Å². The summed E-state index contributed by atoms with van der Waals surface area (Å²) in [6.07, 6.45) is 2.42. The van der Waals surface area contributed by atoms with Crippen LogP contribution in [0.4, 0.5) is 0 Å². The van der Waals surface area contributed by atoms with E-state index in [0.29, 0.717) is 25.4 Å². The molecule has 1 rings (SSSR count). The second-order valence-electron chi connectivity index (χ2n) is 5.14. The Hall–Kier alpha value is -1.55. The highest BCUT2D eigenvalue weighted by molar-refractivity contribution is 5.75. The van der Waals surface area contributed by atoms with Crippen molar-refractivity contribution in [3.05, 3.63) is 29.8 Å². The number of nitrogens with two attached hydrogens (primary N) is 1. The maximum Gasteiger partial charge on any atom is 0.222 e. The normalized spacial score (nSPS) is 12.2. The first-order valence-electron chi connectivity index (χ1n) is 6.75. The molecule has 0 spiro atoms. The minimum absolute atomic E-state index is 0.150. The van der Waals surface area contributed by atoms with Gasteiger partial charge in [-0.2, -0.15) is 0 Å². The minimum atomic E-state index is 0.150. The Kier molecular flexibility index (Phi) is 6.36. The third kappa shape index (κ3) is 5.75. The van der Waals surface area contributed by atoms with E-state index in [2.05, 4.69) is 6.92 Å². The Balaban J connectivity index is 2.38. The summed E-state index contributed by atoms with van der Waals surface area (Å²) in [4.78, 5) is 13.7. The summed E-state index contributed by atoms with van der Waals surface area (Å²) in [5.41, 5.74) is 6.51. The Bertz CT molecular complexity index is 390. The van der Waals surface area contributed by atoms with E-state index in [9.17, 15) is 9.90 Å². The Labute approximate surface area is 115 Å². The van der Waals surface area contributed by atoms with Gasteiger partial charge in [0.1, 0.15) is 5.75 Å². The molecule has 0 aromatic heterocycles. The van der Waals surface area contributed by atoms with Gasteiger partial charge in [0.25, 0.3) is 0 Å². The third-order valence-corrected chi connectivity index (χ3v) is 3.29. The van der Waals surface area contributed by atoms with Crippen molar-refractivity contribution in [1.29, 1.82) is 0 Å². The molecule has 0 saturated carbocycles. The highest BCUT2D eigenvalue weighted by atomic mass is 16.3. The van der Waals surface area contributed by atoms with Crippen LogP contribution >= 0.6 is 0 Å². The third-order valence-electron chi connectivity index (χ3n) is 3.29. The number of benzene rings is 1. The van der Waals surface area contributed by atoms with Crippen LogP contribution in [-0.2, 0) is 11.3 Å². The lowest BCUT2D eigenvalue weighted by atomic mass is 10.0. The number of carbonyl (C=O) groups is 1. The fourth-order valence-corrected chi connectivity index (χ4v) is 1.95. The largest absolute Gasteiger partial charge is 0.508 e. The van der Waals surface area contributed by atoms with E-state index < -0.39 is 0 Å². The predicted octanol–water partition coefficient (Wildman–Crippen LogP) is 2.12. The van der Waals surface area contributed by atoms with E-state index in [4.69, 9.17) is 5.73 Å². The summed E-state index contributed by atoms with van der Waals surface area (Å²) in [6.45, 7) is 3.38. The molecule has 0 aliphatic carbocycles. The average Bonchev–Trinajstić information content (AvgIpc) is 2.39. The molecule has 0 aliphatic heterocycles. The van der Waals surface area contributed by atoms with Crippen LogP contribution in [0.3, 0.4) is 0 Å². The van der Waals surface area contributed by atoms with Gasteiger partial charge in [-0.1, -0.05) is 19.1 Å². The SMILES string of the molecule is CC(CCN)CCC(=O)N(C)Cc1ccc(O)cc1. The van der Waals surface area contributed by atoms with Crippen LogP contribution in [0.5, 0.6) is 5.75 Å². The van der Waals surface area contributed by atoms with Gasteiger partial charge in [-0.15, -0.1) is 0 Å². The standard InChI is InChI=1S/C15H24N2O2/c1-12(9-10-16)3-8-15(19)17(2)11-13-4-6-14(18)7-5-13/h4-7,12,18H,3,8-11,16H2,1-2H3. The number of rotatable bonds is 7. The second kappa shape index (κ2) is 7.79. The molecular weight excluding hydrogens is 240 g/mol. The molecule has 4 nitrogen and oxygen atoms in total. The molecule has 106 valence electrons. The fourth-order valence-electron chi connectivity index (χ4n) is 1.95. The number of hydrogen-bond donors (Lipinski definition) is 2. The highest BCUT2D eigenvalue weighted by Crippen LogP contribution is 2.13. The molecule has 3 N–H and O–H groups in total. The molecule has 1 aromatic carbocycles. The zero-order valence-electron chi connectivity index (χ0n) is 11.8. The van der Waals surface area contributed by atoms with Gasteiger partial charge in [0, 0.05) is 20.0 Å². The average molecular weight is 264 g/mol. The van der Waals surface area contributed by atoms with Crippen molar-refractivity contribution in [1.82, 2.24) is 4.90 Å². The molecule has 1 atom stereocenters. The molecule has 0 fully saturated rings. The summed E-state index contributed by atoms with van der Waals surface area (Å²) in [7, 11) is 1.81. The summed E-state index contributed by atoms with van der Waals surface area (Å²) in [5.74, 6) is 0.890. The first-order valence-corrected chi connectivity index (χ1v) is 6.75. The van der Waals surface area contributed by atoms with Gasteiger partial charge >= 0.3 is 0 Å². The van der Waals surface area contributed by atoms with Gasteiger partial charge in [-0.3, -0.25) is 4.79 Å². The van der Waals surface area contributed by atoms with Gasteiger partial charge in [0.05, 0.1) is 0 Å². The maximum atomic E-state index is 12.0. The summed E-state index contributed by atoms with van der Waals surface area (Å²) in [6, 6.07) is 6.93. The number of aromatic hydroxyl groups is 1. The van der Waals surface area contributed by atoms with Gasteiger partial charge in [0.15, 0.2) is 0 Å². The predicted molar refractivity (Wildman–Crippen MR) is 76.7 cm³/mol. The number of phenolic OH excluding ortho intramolecular Hbond substituents is 1. The number of phenols is 1. The zero-order chi connectivity index (χ0) is 14.3. The van der Waals surface area contributed by atoms with Gasteiger partial charge in [-0.05, 0) is 43.0 Å². The van der Waals surface area contributed by atoms with Crippen molar-refractivity contribution in [2.24, 2.45) is 11.7 Å². The monoisotopic (exact) mass is 264 g/mol. The van der Waals surface area contributed by atoms with E-state index in [1.807, 2.05) is 19.2 Å². The molecule has 0 aliphatic rings. The number of carbonyl (C=O) groups excluding carboxylic acids is 1. The van der Waals surface area contributed by atoms with Crippen LogP contribution in [0, 0.1) is 5.92 Å². The van der Waals surface area contributed by atoms with E-state index in [0.717, 1.165) is 18.4 Å². The second-order valence-corrected chi connectivity index (χ2v) is 5.14. The Morgan fingerprint density at radius 2 is 1.95 bits per heavy atom. The topological polar surface area (TPSA) is 66.6 Å². The summed E-state index contributed by atoms with van der Waals surface area (Å²) < 4.78 is 0. The Morgan fingerprint density at radius 1 is 1.32 bits per heavy atom. The molecule has 19 heavy (non-hydrogen) atoms. The van der Waals surface area contributed by atoms with Crippen molar-refractivity contribution >= 4 is 5.91 Å². The fraction of sp³-hybridized carbons (Fsp3) is 0.533. The van der Waals surface area contributed by atoms with Crippen molar-refractivity contribution in [3.63, 3.8) is 0 Å². The highest BCUT2D eigenvalue weighted by Gasteiger charge is 2.11. The van der Waals surface area contributed by atoms with Crippen molar-refractivity contribution in [3.8, 4) is 5.75 Å². The molecule has 0 saturated heterocycles. The molecule has 0 bridgehead atoms. The quantitative estimate of drug-likeness (QED) is 0.792. The van der Waals surface area contributed by atoms with Crippen LogP contribution in [0.25, 0.3) is 0 Å². The van der Waals surface area contributed by atoms with Crippen LogP contribution in [0.1, 0.15) is 31.7 Å². The molecular formula is C15H24N2O2. The number of amides is 1. The lowest BCUT2D eigenvalue weighted by Gasteiger charge is -2.18. The zero-order valence-corrected chi connectivity index (χ0v) is 11.8. The molecule has 1 amide bonds. The number of hydrogen-bond acceptors (Lipinski definition) is 3. The molecule has 1 unspecified atom stereocenters. The minimum Gasteiger partial charge on any atom is -0.508 e. The van der Waals surface area contributed by atoms with Crippen LogP contribution in [-0.4, -0.2) is 29.5 Å². The maximum absolute atomic E-state index is 12.0. The lowest BCUT2D eigenvalue weighted by molar-refractivity contribution is -0.130. The molecule has 4 heteroatoms. The first kappa shape index (κ1) is 15.5. The van der Waals surface area contributed by atoms with Crippen LogP contribution < -0.4 is 5.73 Å². The summed E-state index contributed by atoms with van der Waals surface area (Å²) >= 11 is 0. The van der Waals surface area contributed by atoms with Gasteiger partial charge in [0.2, 0.25) is 5.91 Å². The molecule has 0 heterocycles. The number of nitrogens with zero attached hydrogens (tertiary/aromatic N) is 1. The molecule has 1 aromatic rings. The van der Waals surface area contributed by atoms with Gasteiger partial charge < -0.3 is 15.7 Å². The smallest absolute Gasteiger partial charge is 0.222 e. The van der Waals surface area contributed by atoms with Crippen molar-refractivity contribution < 1.29 is 9.90 Å². The Morgan fingerprint density at radius 3 is 2.53 bits per heavy atom. The molecule has 0 radical (unpaired) electrons. The van der Waals surface area contributed by atoms with E-state index in [1.54, 1.807) is 17.0 Å². The van der Waals surface area contributed by atoms with E-state index >= 15 is 0 Å². The first-order chi connectivity index (χ1) is 9.02. The van der Waals surface area contributed by atoms with Crippen LogP contribution in [0.15, 0.2) is 24.3 Å². The van der Waals surface area contributed by atoms with Crippen molar-refractivity contribution in [2.45, 2.75) is 32.7 Å².